The smallest absolute Gasteiger partial charge is 0.347 e. The summed E-state index contributed by atoms with van der Waals surface area (Å²) in [4.78, 5) is 14.9. The van der Waals surface area contributed by atoms with E-state index in [1.54, 1.807) is 24.3 Å². The monoisotopic (exact) mass is 181 g/mol. The van der Waals surface area contributed by atoms with Gasteiger partial charge >= 0.3 is 5.63 Å². The molecule has 0 aliphatic carbocycles. The number of halogens is 1. The van der Waals surface area contributed by atoms with Crippen molar-refractivity contribution in [3.05, 3.63) is 40.0 Å². The molecule has 2 aromatic rings. The van der Waals surface area contributed by atoms with Gasteiger partial charge in [-0.2, -0.15) is 0 Å². The number of benzene rings is 1. The third kappa shape index (κ3) is 1.08. The van der Waals surface area contributed by atoms with E-state index in [1.807, 2.05) is 0 Å². The largest absolute Gasteiger partial charge is 0.393 e. The molecule has 0 bridgehead atoms. The van der Waals surface area contributed by atoms with Crippen LogP contribution >= 0.6 is 11.6 Å². The molecule has 0 atom stereocenters. The topological polar surface area (TPSA) is 43.1 Å². The van der Waals surface area contributed by atoms with Crippen LogP contribution in [-0.4, -0.2) is 4.98 Å². The number of hydrogen-bond donors (Lipinski definition) is 0. The van der Waals surface area contributed by atoms with E-state index in [-0.39, 0.29) is 5.35 Å². The van der Waals surface area contributed by atoms with Crippen LogP contribution in [0.15, 0.2) is 33.5 Å². The van der Waals surface area contributed by atoms with Crippen molar-refractivity contribution in [2.24, 2.45) is 0 Å². The lowest BCUT2D eigenvalue weighted by Gasteiger charge is -1.93. The van der Waals surface area contributed by atoms with Gasteiger partial charge < -0.3 is 4.42 Å². The lowest BCUT2D eigenvalue weighted by molar-refractivity contribution is 0.503. The summed E-state index contributed by atoms with van der Waals surface area (Å²) in [6.07, 6.45) is 0. The zero-order valence-corrected chi connectivity index (χ0v) is 6.71. The second-order valence-corrected chi connectivity index (χ2v) is 2.59. The molecule has 12 heavy (non-hydrogen) atoms. The fourth-order valence-corrected chi connectivity index (χ4v) is 1.15. The Morgan fingerprint density at radius 2 is 2.08 bits per heavy atom. The highest BCUT2D eigenvalue weighted by Gasteiger charge is 2.01. The quantitative estimate of drug-likeness (QED) is 0.623. The molecule has 0 aliphatic heterocycles. The van der Waals surface area contributed by atoms with Gasteiger partial charge in [0, 0.05) is 0 Å². The third-order valence-corrected chi connectivity index (χ3v) is 1.67. The zero-order chi connectivity index (χ0) is 8.55. The van der Waals surface area contributed by atoms with Crippen molar-refractivity contribution in [1.29, 1.82) is 0 Å². The predicted octanol–water partition coefficient (Wildman–Crippen LogP) is 1.84. The Balaban J connectivity index is 2.99. The van der Waals surface area contributed by atoms with Gasteiger partial charge in [0.05, 0.1) is 10.9 Å². The predicted molar refractivity (Wildman–Crippen MR) is 45.3 cm³/mol. The lowest BCUT2D eigenvalue weighted by atomic mass is 10.2. The average Bonchev–Trinajstić information content (AvgIpc) is 2.04. The van der Waals surface area contributed by atoms with Gasteiger partial charge in [-0.25, -0.2) is 9.78 Å². The number of hydrogen-bond acceptors (Lipinski definition) is 3. The summed E-state index contributed by atoms with van der Waals surface area (Å²) in [5, 5.41) is 0.320. The van der Waals surface area contributed by atoms with Crippen LogP contribution in [0.4, 0.5) is 0 Å². The number of aromatic nitrogens is 1. The van der Waals surface area contributed by atoms with Crippen LogP contribution in [0.2, 0.25) is 5.35 Å². The summed E-state index contributed by atoms with van der Waals surface area (Å²) in [7, 11) is 0. The van der Waals surface area contributed by atoms with Crippen molar-refractivity contribution >= 4 is 22.5 Å². The van der Waals surface area contributed by atoms with Crippen LogP contribution in [0, 0.1) is 0 Å². The van der Waals surface area contributed by atoms with Crippen LogP contribution in [-0.2, 0) is 0 Å². The zero-order valence-electron chi connectivity index (χ0n) is 5.95. The highest BCUT2D eigenvalue weighted by atomic mass is 35.5. The van der Waals surface area contributed by atoms with Gasteiger partial charge in [0.2, 0.25) is 0 Å². The molecule has 3 nitrogen and oxygen atoms in total. The molecule has 60 valence electrons. The average molecular weight is 182 g/mol. The molecular weight excluding hydrogens is 178 g/mol. The van der Waals surface area contributed by atoms with Crippen molar-refractivity contribution in [3.63, 3.8) is 0 Å². The first kappa shape index (κ1) is 7.31. The van der Waals surface area contributed by atoms with E-state index in [0.29, 0.717) is 10.9 Å². The van der Waals surface area contributed by atoms with Gasteiger partial charge in [-0.3, -0.25) is 0 Å². The maximum absolute atomic E-state index is 11.1. The molecule has 1 aromatic carbocycles. The fraction of sp³-hybridized carbons (Fsp3) is 0. The minimum atomic E-state index is -0.453. The maximum Gasteiger partial charge on any atom is 0.347 e. The summed E-state index contributed by atoms with van der Waals surface area (Å²) >= 11 is 5.45. The molecule has 0 fully saturated rings. The highest BCUT2D eigenvalue weighted by Crippen LogP contribution is 2.09. The van der Waals surface area contributed by atoms with Gasteiger partial charge in [0.1, 0.15) is 0 Å². The first-order valence-electron chi connectivity index (χ1n) is 3.33. The van der Waals surface area contributed by atoms with Crippen LogP contribution in [0.1, 0.15) is 0 Å². The van der Waals surface area contributed by atoms with E-state index in [9.17, 15) is 4.79 Å². The Labute approximate surface area is 72.6 Å². The number of fused-ring (bicyclic) bond motifs is 1. The third-order valence-electron chi connectivity index (χ3n) is 1.51. The molecule has 0 aliphatic rings. The molecule has 0 radical (unpaired) electrons. The molecule has 0 amide bonds. The van der Waals surface area contributed by atoms with E-state index >= 15 is 0 Å². The van der Waals surface area contributed by atoms with E-state index in [0.717, 1.165) is 0 Å². The minimum absolute atomic E-state index is 0.126. The van der Waals surface area contributed by atoms with Crippen LogP contribution < -0.4 is 5.63 Å². The second-order valence-electron chi connectivity index (χ2n) is 2.27. The van der Waals surface area contributed by atoms with Crippen molar-refractivity contribution in [1.82, 2.24) is 4.98 Å². The number of nitrogens with zero attached hydrogens (tertiary/aromatic N) is 1. The number of para-hydroxylation sites is 1. The fourth-order valence-electron chi connectivity index (χ4n) is 0.993. The molecule has 1 aromatic heterocycles. The first-order chi connectivity index (χ1) is 5.77. The second kappa shape index (κ2) is 2.60. The molecule has 0 N–H and O–H groups in total. The van der Waals surface area contributed by atoms with Gasteiger partial charge in [0.25, 0.3) is 5.35 Å². The normalized spacial score (nSPS) is 10.4. The Hall–Kier alpha value is -1.35. The van der Waals surface area contributed by atoms with E-state index in [1.165, 1.54) is 0 Å². The summed E-state index contributed by atoms with van der Waals surface area (Å²) in [5.74, 6) is 0. The highest BCUT2D eigenvalue weighted by molar-refractivity contribution is 6.27. The lowest BCUT2D eigenvalue weighted by Crippen LogP contribution is -2.00. The van der Waals surface area contributed by atoms with E-state index < -0.39 is 5.63 Å². The molecule has 1 heterocycles. The van der Waals surface area contributed by atoms with Crippen molar-refractivity contribution in [3.8, 4) is 0 Å². The molecule has 2 rings (SSSR count). The Kier molecular flexibility index (Phi) is 1.59. The molecule has 0 spiro atoms. The molecule has 0 saturated carbocycles. The Morgan fingerprint density at radius 3 is 2.92 bits per heavy atom. The minimum Gasteiger partial charge on any atom is -0.393 e. The van der Waals surface area contributed by atoms with E-state index in [2.05, 4.69) is 9.40 Å². The van der Waals surface area contributed by atoms with Crippen molar-refractivity contribution in [2.75, 3.05) is 0 Å². The Bertz CT molecular complexity index is 478. The number of rotatable bonds is 0. The molecule has 0 unspecified atom stereocenters. The SMILES string of the molecule is O=c1oc(Cl)nc2ccccc12. The summed E-state index contributed by atoms with van der Waals surface area (Å²) < 4.78 is 4.59. The van der Waals surface area contributed by atoms with Crippen LogP contribution in [0.5, 0.6) is 0 Å². The van der Waals surface area contributed by atoms with E-state index in [4.69, 9.17) is 11.6 Å². The Morgan fingerprint density at radius 1 is 1.33 bits per heavy atom. The van der Waals surface area contributed by atoms with Crippen LogP contribution in [0.3, 0.4) is 0 Å². The molecule has 4 heteroatoms. The van der Waals surface area contributed by atoms with Crippen LogP contribution in [0.25, 0.3) is 10.9 Å². The maximum atomic E-state index is 11.1. The standard InChI is InChI=1S/C8H4ClNO2/c9-8-10-6-4-2-1-3-5(6)7(11)12-8/h1-4H. The van der Waals surface area contributed by atoms with Gasteiger partial charge in [-0.1, -0.05) is 12.1 Å². The first-order valence-corrected chi connectivity index (χ1v) is 3.70. The van der Waals surface area contributed by atoms with Gasteiger partial charge in [-0.05, 0) is 23.7 Å². The summed E-state index contributed by atoms with van der Waals surface area (Å²) in [5.41, 5.74) is 0.101. The summed E-state index contributed by atoms with van der Waals surface area (Å²) in [6, 6.07) is 6.88. The van der Waals surface area contributed by atoms with Gasteiger partial charge in [0.15, 0.2) is 0 Å². The van der Waals surface area contributed by atoms with Crippen molar-refractivity contribution < 1.29 is 4.42 Å². The molecule has 0 saturated heterocycles. The molecular formula is C8H4ClNO2. The van der Waals surface area contributed by atoms with Crippen molar-refractivity contribution in [2.45, 2.75) is 0 Å². The van der Waals surface area contributed by atoms with Gasteiger partial charge in [-0.15, -0.1) is 0 Å². The summed E-state index contributed by atoms with van der Waals surface area (Å²) in [6.45, 7) is 0.